The van der Waals surface area contributed by atoms with Crippen molar-refractivity contribution in [2.75, 3.05) is 6.61 Å². The first-order valence-electron chi connectivity index (χ1n) is 5.56. The molecule has 0 saturated heterocycles. The number of aromatic nitrogens is 2. The van der Waals surface area contributed by atoms with E-state index in [1.165, 1.54) is 0 Å². The van der Waals surface area contributed by atoms with Crippen LogP contribution in [0.5, 0.6) is 0 Å². The molecule has 5 heteroatoms. The Balaban J connectivity index is 2.36. The molecule has 0 aliphatic heterocycles. The van der Waals surface area contributed by atoms with E-state index in [4.69, 9.17) is 10.5 Å². The zero-order valence-corrected chi connectivity index (χ0v) is 9.85. The van der Waals surface area contributed by atoms with Crippen molar-refractivity contribution in [3.63, 3.8) is 0 Å². The fourth-order valence-corrected chi connectivity index (χ4v) is 1.35. The van der Waals surface area contributed by atoms with Gasteiger partial charge in [-0.15, -0.1) is 0 Å². The third kappa shape index (κ3) is 3.66. The van der Waals surface area contributed by atoms with Gasteiger partial charge in [-0.05, 0) is 6.42 Å². The maximum absolute atomic E-state index is 11.5. The lowest BCUT2D eigenvalue weighted by Gasteiger charge is -2.09. The van der Waals surface area contributed by atoms with Crippen molar-refractivity contribution in [3.05, 3.63) is 18.0 Å². The summed E-state index contributed by atoms with van der Waals surface area (Å²) in [5.74, 6) is -0.385. The largest absolute Gasteiger partial charge is 0.464 e. The van der Waals surface area contributed by atoms with Gasteiger partial charge in [-0.25, -0.2) is 4.79 Å². The molecule has 0 aliphatic rings. The topological polar surface area (TPSA) is 70.1 Å². The van der Waals surface area contributed by atoms with Crippen LogP contribution in [0.4, 0.5) is 0 Å². The number of nitrogens with zero attached hydrogens (tertiary/aromatic N) is 2. The van der Waals surface area contributed by atoms with E-state index in [-0.39, 0.29) is 5.97 Å². The zero-order chi connectivity index (χ0) is 12.0. The molecule has 1 rings (SSSR count). The highest BCUT2D eigenvalue weighted by atomic mass is 16.5. The highest BCUT2D eigenvalue weighted by Gasteiger charge is 2.18. The predicted octanol–water partition coefficient (Wildman–Crippen LogP) is 1.15. The van der Waals surface area contributed by atoms with Crippen LogP contribution in [0.2, 0.25) is 0 Å². The lowest BCUT2D eigenvalue weighted by Crippen LogP contribution is -2.23. The maximum atomic E-state index is 11.5. The van der Waals surface area contributed by atoms with Crippen molar-refractivity contribution in [2.24, 2.45) is 12.8 Å². The van der Waals surface area contributed by atoms with E-state index >= 15 is 0 Å². The van der Waals surface area contributed by atoms with Crippen LogP contribution in [-0.4, -0.2) is 22.4 Å². The number of hydrogen-bond donors (Lipinski definition) is 1. The monoisotopic (exact) mass is 225 g/mol. The maximum Gasteiger partial charge on any atom is 0.327 e. The van der Waals surface area contributed by atoms with Crippen molar-refractivity contribution in [2.45, 2.75) is 32.2 Å². The summed E-state index contributed by atoms with van der Waals surface area (Å²) in [5.41, 5.74) is 6.42. The van der Waals surface area contributed by atoms with E-state index in [1.807, 2.05) is 0 Å². The van der Waals surface area contributed by atoms with Gasteiger partial charge < -0.3 is 10.5 Å². The van der Waals surface area contributed by atoms with Crippen LogP contribution in [0.3, 0.4) is 0 Å². The summed E-state index contributed by atoms with van der Waals surface area (Å²) in [6.45, 7) is 2.55. The van der Waals surface area contributed by atoms with E-state index in [9.17, 15) is 4.79 Å². The average Bonchev–Trinajstić information content (AvgIpc) is 2.70. The first-order chi connectivity index (χ1) is 7.65. The van der Waals surface area contributed by atoms with Crippen molar-refractivity contribution in [3.8, 4) is 0 Å². The van der Waals surface area contributed by atoms with Gasteiger partial charge in [0, 0.05) is 18.8 Å². The number of esters is 1. The fourth-order valence-electron chi connectivity index (χ4n) is 1.35. The number of unbranched alkanes of at least 4 members (excludes halogenated alkanes) is 2. The summed E-state index contributed by atoms with van der Waals surface area (Å²) in [5, 5.41) is 3.96. The molecule has 1 heterocycles. The molecule has 0 bridgehead atoms. The molecule has 90 valence electrons. The number of ether oxygens (including phenoxy) is 1. The average molecular weight is 225 g/mol. The van der Waals surface area contributed by atoms with Crippen LogP contribution in [0.1, 0.15) is 37.8 Å². The highest BCUT2D eigenvalue weighted by molar-refractivity contribution is 5.77. The van der Waals surface area contributed by atoms with Gasteiger partial charge in [-0.3, -0.25) is 4.68 Å². The fraction of sp³-hybridized carbons (Fsp3) is 0.636. The Kier molecular flexibility index (Phi) is 4.98. The third-order valence-electron chi connectivity index (χ3n) is 2.33. The molecule has 2 N–H and O–H groups in total. The SMILES string of the molecule is CCCCCOC(=O)C(N)c1cnn(C)c1. The van der Waals surface area contributed by atoms with Crippen molar-refractivity contribution in [1.29, 1.82) is 0 Å². The normalized spacial score (nSPS) is 12.4. The highest BCUT2D eigenvalue weighted by Crippen LogP contribution is 2.10. The van der Waals surface area contributed by atoms with E-state index in [1.54, 1.807) is 24.1 Å². The lowest BCUT2D eigenvalue weighted by molar-refractivity contribution is -0.145. The van der Waals surface area contributed by atoms with Crippen LogP contribution in [0.15, 0.2) is 12.4 Å². The molecule has 0 aromatic carbocycles. The standard InChI is InChI=1S/C11H19N3O2/c1-3-4-5-6-16-11(15)10(12)9-7-13-14(2)8-9/h7-8,10H,3-6,12H2,1-2H3. The van der Waals surface area contributed by atoms with Crippen LogP contribution in [0.25, 0.3) is 0 Å². The molecule has 0 amide bonds. The molecular formula is C11H19N3O2. The molecule has 1 unspecified atom stereocenters. The van der Waals surface area contributed by atoms with Gasteiger partial charge in [0.25, 0.3) is 0 Å². The van der Waals surface area contributed by atoms with Gasteiger partial charge in [0.1, 0.15) is 6.04 Å². The molecule has 0 radical (unpaired) electrons. The van der Waals surface area contributed by atoms with E-state index in [0.717, 1.165) is 19.3 Å². The van der Waals surface area contributed by atoms with Gasteiger partial charge in [0.15, 0.2) is 0 Å². The first-order valence-corrected chi connectivity index (χ1v) is 5.56. The molecule has 0 spiro atoms. The number of hydrogen-bond acceptors (Lipinski definition) is 4. The van der Waals surface area contributed by atoms with Crippen molar-refractivity contribution in [1.82, 2.24) is 9.78 Å². The minimum atomic E-state index is -0.727. The Bertz CT molecular complexity index is 336. The summed E-state index contributed by atoms with van der Waals surface area (Å²) in [4.78, 5) is 11.5. The number of carbonyl (C=O) groups is 1. The van der Waals surface area contributed by atoms with E-state index in [2.05, 4.69) is 12.0 Å². The van der Waals surface area contributed by atoms with Gasteiger partial charge in [0.2, 0.25) is 0 Å². The summed E-state index contributed by atoms with van der Waals surface area (Å²) < 4.78 is 6.68. The zero-order valence-electron chi connectivity index (χ0n) is 9.85. The van der Waals surface area contributed by atoms with Crippen LogP contribution in [-0.2, 0) is 16.6 Å². The van der Waals surface area contributed by atoms with Gasteiger partial charge in [0.05, 0.1) is 12.8 Å². The molecular weight excluding hydrogens is 206 g/mol. The predicted molar refractivity (Wildman–Crippen MR) is 60.6 cm³/mol. The second kappa shape index (κ2) is 6.27. The van der Waals surface area contributed by atoms with Crippen molar-refractivity contribution >= 4 is 5.97 Å². The minimum Gasteiger partial charge on any atom is -0.464 e. The summed E-state index contributed by atoms with van der Waals surface area (Å²) in [7, 11) is 1.78. The van der Waals surface area contributed by atoms with Crippen molar-refractivity contribution < 1.29 is 9.53 Å². The van der Waals surface area contributed by atoms with Gasteiger partial charge in [-0.2, -0.15) is 5.10 Å². The Hall–Kier alpha value is -1.36. The second-order valence-electron chi connectivity index (χ2n) is 3.80. The summed E-state index contributed by atoms with van der Waals surface area (Å²) >= 11 is 0. The van der Waals surface area contributed by atoms with Crippen LogP contribution >= 0.6 is 0 Å². The van der Waals surface area contributed by atoms with Crippen LogP contribution in [0, 0.1) is 0 Å². The molecule has 5 nitrogen and oxygen atoms in total. The van der Waals surface area contributed by atoms with Gasteiger partial charge in [-0.1, -0.05) is 19.8 Å². The Morgan fingerprint density at radius 3 is 2.94 bits per heavy atom. The molecule has 1 aromatic heterocycles. The molecule has 1 atom stereocenters. The number of nitrogens with two attached hydrogens (primary N) is 1. The van der Waals surface area contributed by atoms with E-state index < -0.39 is 6.04 Å². The number of carbonyl (C=O) groups excluding carboxylic acids is 1. The second-order valence-corrected chi connectivity index (χ2v) is 3.80. The molecule has 1 aromatic rings. The molecule has 0 saturated carbocycles. The molecule has 16 heavy (non-hydrogen) atoms. The summed E-state index contributed by atoms with van der Waals surface area (Å²) in [6, 6.07) is -0.727. The summed E-state index contributed by atoms with van der Waals surface area (Å²) in [6.07, 6.45) is 6.36. The molecule has 0 aliphatic carbocycles. The molecule has 0 fully saturated rings. The Morgan fingerprint density at radius 2 is 2.38 bits per heavy atom. The first kappa shape index (κ1) is 12.7. The Morgan fingerprint density at radius 1 is 1.62 bits per heavy atom. The number of rotatable bonds is 6. The lowest BCUT2D eigenvalue weighted by atomic mass is 10.2. The van der Waals surface area contributed by atoms with Gasteiger partial charge >= 0.3 is 5.97 Å². The quantitative estimate of drug-likeness (QED) is 0.582. The Labute approximate surface area is 95.6 Å². The van der Waals surface area contributed by atoms with Crippen LogP contribution < -0.4 is 5.73 Å². The number of aryl methyl sites for hydroxylation is 1. The minimum absolute atomic E-state index is 0.385. The smallest absolute Gasteiger partial charge is 0.327 e. The third-order valence-corrected chi connectivity index (χ3v) is 2.33. The van der Waals surface area contributed by atoms with E-state index in [0.29, 0.717) is 12.2 Å².